The van der Waals surface area contributed by atoms with E-state index in [0.29, 0.717) is 5.92 Å². The van der Waals surface area contributed by atoms with Crippen molar-refractivity contribution in [2.75, 3.05) is 7.11 Å². The molecule has 2 N–H and O–H groups in total. The summed E-state index contributed by atoms with van der Waals surface area (Å²) in [5.74, 6) is 1.68. The van der Waals surface area contributed by atoms with E-state index in [1.165, 1.54) is 24.8 Å². The van der Waals surface area contributed by atoms with E-state index in [0.717, 1.165) is 12.2 Å². The van der Waals surface area contributed by atoms with Crippen LogP contribution < -0.4 is 10.5 Å². The fraction of sp³-hybridized carbons (Fsp3) is 0.571. The molecule has 1 saturated carbocycles. The van der Waals surface area contributed by atoms with Crippen molar-refractivity contribution in [1.29, 1.82) is 0 Å². The van der Waals surface area contributed by atoms with E-state index in [4.69, 9.17) is 10.5 Å². The van der Waals surface area contributed by atoms with Gasteiger partial charge in [-0.05, 0) is 36.8 Å². The van der Waals surface area contributed by atoms with Crippen molar-refractivity contribution in [2.24, 2.45) is 11.7 Å². The summed E-state index contributed by atoms with van der Waals surface area (Å²) in [6, 6.07) is 8.19. The van der Waals surface area contributed by atoms with Crippen molar-refractivity contribution >= 4 is 0 Å². The molecule has 2 nitrogen and oxygen atoms in total. The van der Waals surface area contributed by atoms with Crippen LogP contribution in [0.25, 0.3) is 0 Å². The minimum atomic E-state index is 0.0324. The summed E-state index contributed by atoms with van der Waals surface area (Å²) < 4.78 is 5.36. The van der Waals surface area contributed by atoms with Gasteiger partial charge in [0.2, 0.25) is 0 Å². The molecule has 2 heteroatoms. The molecule has 0 spiro atoms. The van der Waals surface area contributed by atoms with Crippen molar-refractivity contribution in [3.05, 3.63) is 29.8 Å². The van der Waals surface area contributed by atoms with Gasteiger partial charge in [-0.3, -0.25) is 0 Å². The van der Waals surface area contributed by atoms with Crippen LogP contribution in [0, 0.1) is 5.92 Å². The molecule has 1 aromatic carbocycles. The molecule has 1 aromatic rings. The number of para-hydroxylation sites is 1. The number of hydrogen-bond acceptors (Lipinski definition) is 2. The van der Waals surface area contributed by atoms with Crippen LogP contribution in [0.5, 0.6) is 5.75 Å². The molecule has 2 unspecified atom stereocenters. The lowest BCUT2D eigenvalue weighted by atomic mass is 10.0. The second-order valence-corrected chi connectivity index (χ2v) is 4.91. The van der Waals surface area contributed by atoms with Gasteiger partial charge < -0.3 is 10.5 Å². The fourth-order valence-corrected chi connectivity index (χ4v) is 2.56. The summed E-state index contributed by atoms with van der Waals surface area (Å²) in [6.07, 6.45) is 4.60. The zero-order valence-electron chi connectivity index (χ0n) is 10.2. The fourth-order valence-electron chi connectivity index (χ4n) is 2.56. The smallest absolute Gasteiger partial charge is 0.122 e. The van der Waals surface area contributed by atoms with Gasteiger partial charge in [-0.2, -0.15) is 0 Å². The number of ether oxygens (including phenoxy) is 1. The maximum absolute atomic E-state index is 6.38. The van der Waals surface area contributed by atoms with Crippen LogP contribution in [0.15, 0.2) is 24.3 Å². The van der Waals surface area contributed by atoms with Crippen LogP contribution in [-0.4, -0.2) is 12.6 Å². The second kappa shape index (κ2) is 4.46. The molecule has 2 atom stereocenters. The molecular formula is C14H21NO. The van der Waals surface area contributed by atoms with Gasteiger partial charge in [-0.1, -0.05) is 31.5 Å². The molecule has 1 aliphatic rings. The van der Waals surface area contributed by atoms with Gasteiger partial charge in [0, 0.05) is 5.54 Å². The Morgan fingerprint density at radius 3 is 2.88 bits per heavy atom. The zero-order valence-corrected chi connectivity index (χ0v) is 10.2. The van der Waals surface area contributed by atoms with Crippen molar-refractivity contribution in [3.8, 4) is 5.75 Å². The average Bonchev–Trinajstić information content (AvgIpc) is 2.90. The molecule has 0 saturated heterocycles. The molecule has 0 radical (unpaired) electrons. The first-order valence-electron chi connectivity index (χ1n) is 6.10. The van der Waals surface area contributed by atoms with Gasteiger partial charge >= 0.3 is 0 Å². The molecule has 2 rings (SSSR count). The van der Waals surface area contributed by atoms with E-state index in [2.05, 4.69) is 19.1 Å². The highest BCUT2D eigenvalue weighted by Crippen LogP contribution is 2.47. The first-order chi connectivity index (χ1) is 7.69. The highest BCUT2D eigenvalue weighted by atomic mass is 16.5. The molecule has 0 amide bonds. The highest BCUT2D eigenvalue weighted by molar-refractivity contribution is 5.36. The van der Waals surface area contributed by atoms with Gasteiger partial charge in [0.05, 0.1) is 7.11 Å². The van der Waals surface area contributed by atoms with E-state index >= 15 is 0 Å². The van der Waals surface area contributed by atoms with Crippen LogP contribution >= 0.6 is 0 Å². The van der Waals surface area contributed by atoms with E-state index in [-0.39, 0.29) is 5.54 Å². The number of nitrogens with two attached hydrogens (primary N) is 1. The van der Waals surface area contributed by atoms with Gasteiger partial charge in [0.15, 0.2) is 0 Å². The summed E-state index contributed by atoms with van der Waals surface area (Å²) in [4.78, 5) is 0. The summed E-state index contributed by atoms with van der Waals surface area (Å²) in [5, 5.41) is 0. The molecule has 1 fully saturated rings. The van der Waals surface area contributed by atoms with Crippen molar-refractivity contribution < 1.29 is 4.74 Å². The third-order valence-corrected chi connectivity index (χ3v) is 3.63. The van der Waals surface area contributed by atoms with E-state index < -0.39 is 0 Å². The SMILES string of the molecule is CCCC1CC1(N)Cc1ccccc1OC. The number of methoxy groups -OCH3 is 1. The van der Waals surface area contributed by atoms with Gasteiger partial charge in [-0.15, -0.1) is 0 Å². The van der Waals surface area contributed by atoms with Crippen molar-refractivity contribution in [1.82, 2.24) is 0 Å². The third-order valence-electron chi connectivity index (χ3n) is 3.63. The molecule has 0 heterocycles. The monoisotopic (exact) mass is 219 g/mol. The molecule has 0 aliphatic heterocycles. The van der Waals surface area contributed by atoms with Crippen LogP contribution in [-0.2, 0) is 6.42 Å². The Balaban J connectivity index is 2.05. The quantitative estimate of drug-likeness (QED) is 0.826. The standard InChI is InChI=1S/C14H21NO/c1-3-6-12-10-14(12,15)9-11-7-4-5-8-13(11)16-2/h4-5,7-8,12H,3,6,9-10,15H2,1-2H3. The third kappa shape index (κ3) is 2.22. The van der Waals surface area contributed by atoms with Crippen LogP contribution in [0.4, 0.5) is 0 Å². The van der Waals surface area contributed by atoms with Crippen molar-refractivity contribution in [3.63, 3.8) is 0 Å². The molecular weight excluding hydrogens is 198 g/mol. The van der Waals surface area contributed by atoms with Gasteiger partial charge in [0.25, 0.3) is 0 Å². The normalized spacial score (nSPS) is 27.8. The van der Waals surface area contributed by atoms with Gasteiger partial charge in [-0.25, -0.2) is 0 Å². The Labute approximate surface area is 97.8 Å². The summed E-state index contributed by atoms with van der Waals surface area (Å²) >= 11 is 0. The minimum Gasteiger partial charge on any atom is -0.496 e. The van der Waals surface area contributed by atoms with Crippen LogP contribution in [0.2, 0.25) is 0 Å². The lowest BCUT2D eigenvalue weighted by molar-refractivity contribution is 0.406. The topological polar surface area (TPSA) is 35.2 Å². The van der Waals surface area contributed by atoms with Gasteiger partial charge in [0.1, 0.15) is 5.75 Å². The summed E-state index contributed by atoms with van der Waals surface area (Å²) in [6.45, 7) is 2.22. The van der Waals surface area contributed by atoms with E-state index in [1.807, 2.05) is 12.1 Å². The highest BCUT2D eigenvalue weighted by Gasteiger charge is 2.49. The minimum absolute atomic E-state index is 0.0324. The first-order valence-corrected chi connectivity index (χ1v) is 6.10. The number of rotatable bonds is 5. The van der Waals surface area contributed by atoms with E-state index in [9.17, 15) is 0 Å². The lowest BCUT2D eigenvalue weighted by Crippen LogP contribution is -2.28. The Kier molecular flexibility index (Phi) is 3.20. The first kappa shape index (κ1) is 11.5. The molecule has 0 bridgehead atoms. The largest absolute Gasteiger partial charge is 0.496 e. The Hall–Kier alpha value is -1.02. The Morgan fingerprint density at radius 2 is 2.19 bits per heavy atom. The number of benzene rings is 1. The molecule has 16 heavy (non-hydrogen) atoms. The maximum Gasteiger partial charge on any atom is 0.122 e. The molecule has 1 aliphatic carbocycles. The lowest BCUT2D eigenvalue weighted by Gasteiger charge is -2.14. The number of hydrogen-bond donors (Lipinski definition) is 1. The maximum atomic E-state index is 6.38. The van der Waals surface area contributed by atoms with E-state index in [1.54, 1.807) is 7.11 Å². The average molecular weight is 219 g/mol. The van der Waals surface area contributed by atoms with Crippen LogP contribution in [0.1, 0.15) is 31.7 Å². The second-order valence-electron chi connectivity index (χ2n) is 4.91. The molecule has 88 valence electrons. The summed E-state index contributed by atoms with van der Waals surface area (Å²) in [5.41, 5.74) is 7.65. The van der Waals surface area contributed by atoms with Crippen LogP contribution in [0.3, 0.4) is 0 Å². The zero-order chi connectivity index (χ0) is 11.6. The Bertz CT molecular complexity index is 364. The van der Waals surface area contributed by atoms with Crippen molar-refractivity contribution in [2.45, 2.75) is 38.1 Å². The predicted octanol–water partition coefficient (Wildman–Crippen LogP) is 2.76. The molecule has 0 aromatic heterocycles. The predicted molar refractivity (Wildman–Crippen MR) is 66.6 cm³/mol. The Morgan fingerprint density at radius 1 is 1.44 bits per heavy atom. The summed E-state index contributed by atoms with van der Waals surface area (Å²) in [7, 11) is 1.72.